The summed E-state index contributed by atoms with van der Waals surface area (Å²) in [5.41, 5.74) is 0. The van der Waals surface area contributed by atoms with Crippen molar-refractivity contribution in [3.05, 3.63) is 11.6 Å². The smallest absolute Gasteiger partial charge is 0.239 e. The van der Waals surface area contributed by atoms with Crippen LogP contribution in [0, 0.1) is 0 Å². The Balaban J connectivity index is 1.61. The number of nitrogens with one attached hydrogen (secondary N) is 1. The van der Waals surface area contributed by atoms with Crippen LogP contribution < -0.4 is 0 Å². The number of H-pyrrole nitrogens is 1. The largest absolute Gasteiger partial charge is 0.366 e. The van der Waals surface area contributed by atoms with Gasteiger partial charge in [0.15, 0.2) is 5.82 Å². The average molecular weight is 335 g/mol. The van der Waals surface area contributed by atoms with Crippen LogP contribution >= 0.6 is 0 Å². The Kier molecular flexibility index (Phi) is 5.84. The van der Waals surface area contributed by atoms with E-state index in [-0.39, 0.29) is 18.1 Å². The van der Waals surface area contributed by atoms with Gasteiger partial charge in [-0.25, -0.2) is 4.98 Å². The number of morpholine rings is 1. The second kappa shape index (κ2) is 8.07. The lowest BCUT2D eigenvalue weighted by Gasteiger charge is -2.36. The number of ether oxygens (including phenoxy) is 1. The third-order valence-electron chi connectivity index (χ3n) is 5.10. The zero-order valence-corrected chi connectivity index (χ0v) is 14.8. The predicted molar refractivity (Wildman–Crippen MR) is 90.5 cm³/mol. The molecule has 2 aliphatic rings. The molecule has 24 heavy (non-hydrogen) atoms. The molecule has 1 aromatic heterocycles. The summed E-state index contributed by atoms with van der Waals surface area (Å²) in [6.45, 7) is 7.86. The molecule has 0 unspecified atom stereocenters. The van der Waals surface area contributed by atoms with Gasteiger partial charge < -0.3 is 9.64 Å². The number of amides is 1. The van der Waals surface area contributed by atoms with E-state index in [1.807, 2.05) is 18.7 Å². The molecule has 1 N–H and O–H groups in total. The monoisotopic (exact) mass is 335 g/mol. The number of aryl methyl sites for hydroxylation is 1. The molecule has 0 aliphatic carbocycles. The molecule has 0 bridgehead atoms. The summed E-state index contributed by atoms with van der Waals surface area (Å²) < 4.78 is 5.79. The van der Waals surface area contributed by atoms with Gasteiger partial charge in [-0.3, -0.25) is 14.8 Å². The van der Waals surface area contributed by atoms with E-state index >= 15 is 0 Å². The molecule has 3 heterocycles. The maximum atomic E-state index is 12.9. The third-order valence-corrected chi connectivity index (χ3v) is 5.10. The lowest BCUT2D eigenvalue weighted by molar-refractivity contribution is -0.144. The first-order valence-electron chi connectivity index (χ1n) is 9.24. The molecular weight excluding hydrogens is 306 g/mol. The molecule has 0 saturated carbocycles. The van der Waals surface area contributed by atoms with Crippen molar-refractivity contribution in [2.24, 2.45) is 0 Å². The van der Waals surface area contributed by atoms with E-state index in [4.69, 9.17) is 4.74 Å². The number of rotatable bonds is 4. The maximum Gasteiger partial charge on any atom is 0.239 e. The van der Waals surface area contributed by atoms with Gasteiger partial charge in [0.1, 0.15) is 11.9 Å². The van der Waals surface area contributed by atoms with Gasteiger partial charge in [0, 0.05) is 13.0 Å². The minimum atomic E-state index is -0.226. The van der Waals surface area contributed by atoms with Crippen LogP contribution in [0.1, 0.15) is 57.3 Å². The van der Waals surface area contributed by atoms with Crippen molar-refractivity contribution in [1.29, 1.82) is 0 Å². The fourth-order valence-corrected chi connectivity index (χ4v) is 3.52. The van der Waals surface area contributed by atoms with E-state index < -0.39 is 0 Å². The average Bonchev–Trinajstić information content (AvgIpc) is 2.95. The molecule has 0 radical (unpaired) electrons. The second-order valence-electron chi connectivity index (χ2n) is 6.76. The summed E-state index contributed by atoms with van der Waals surface area (Å²) in [7, 11) is 0. The summed E-state index contributed by atoms with van der Waals surface area (Å²) in [6, 6.07) is -0.0554. The lowest BCUT2D eigenvalue weighted by Crippen LogP contribution is -2.51. The maximum absolute atomic E-state index is 12.9. The zero-order valence-electron chi connectivity index (χ0n) is 14.8. The Bertz CT molecular complexity index is 539. The zero-order chi connectivity index (χ0) is 16.9. The van der Waals surface area contributed by atoms with E-state index in [9.17, 15) is 4.79 Å². The fraction of sp³-hybridized carbons (Fsp3) is 0.824. The van der Waals surface area contributed by atoms with Crippen LogP contribution in [0.5, 0.6) is 0 Å². The molecule has 1 aromatic rings. The molecule has 134 valence electrons. The molecule has 2 aliphatic heterocycles. The van der Waals surface area contributed by atoms with Gasteiger partial charge in [-0.1, -0.05) is 19.8 Å². The quantitative estimate of drug-likeness (QED) is 0.903. The summed E-state index contributed by atoms with van der Waals surface area (Å²) in [4.78, 5) is 21.6. The highest BCUT2D eigenvalue weighted by molar-refractivity contribution is 5.81. The van der Waals surface area contributed by atoms with E-state index in [2.05, 4.69) is 20.1 Å². The Morgan fingerprint density at radius 2 is 2.04 bits per heavy atom. The van der Waals surface area contributed by atoms with Crippen LogP contribution in [0.2, 0.25) is 0 Å². The van der Waals surface area contributed by atoms with Gasteiger partial charge >= 0.3 is 0 Å². The molecule has 3 rings (SSSR count). The molecule has 7 heteroatoms. The van der Waals surface area contributed by atoms with Gasteiger partial charge in [-0.05, 0) is 32.9 Å². The number of carbonyl (C=O) groups excluding carboxylic acids is 1. The third kappa shape index (κ3) is 3.95. The highest BCUT2D eigenvalue weighted by Crippen LogP contribution is 2.21. The summed E-state index contributed by atoms with van der Waals surface area (Å²) >= 11 is 0. The molecule has 2 atom stereocenters. The van der Waals surface area contributed by atoms with E-state index in [0.29, 0.717) is 25.5 Å². The van der Waals surface area contributed by atoms with Crippen molar-refractivity contribution in [3.63, 3.8) is 0 Å². The summed E-state index contributed by atoms with van der Waals surface area (Å²) in [5, 5.41) is 7.17. The van der Waals surface area contributed by atoms with Crippen LogP contribution in [-0.2, 0) is 16.0 Å². The first kappa shape index (κ1) is 17.4. The number of aromatic nitrogens is 3. The number of hydrogen-bond donors (Lipinski definition) is 1. The Hall–Kier alpha value is -1.47. The van der Waals surface area contributed by atoms with Gasteiger partial charge in [0.2, 0.25) is 5.91 Å². The Morgan fingerprint density at radius 3 is 2.71 bits per heavy atom. The highest BCUT2D eigenvalue weighted by atomic mass is 16.5. The molecule has 7 nitrogen and oxygen atoms in total. The van der Waals surface area contributed by atoms with E-state index in [1.54, 1.807) is 0 Å². The van der Waals surface area contributed by atoms with Gasteiger partial charge in [-0.15, -0.1) is 0 Å². The minimum Gasteiger partial charge on any atom is -0.366 e. The molecule has 1 amide bonds. The SMILES string of the molecule is CCc1nc([C@@H]2CN(C(=O)[C@@H](C)N3CCCCCC3)CCO2)n[nH]1. The van der Waals surface area contributed by atoms with Crippen molar-refractivity contribution in [1.82, 2.24) is 25.0 Å². The van der Waals surface area contributed by atoms with E-state index in [1.165, 1.54) is 25.7 Å². The number of carbonyl (C=O) groups is 1. The first-order valence-corrected chi connectivity index (χ1v) is 9.24. The van der Waals surface area contributed by atoms with Crippen LogP contribution in [-0.4, -0.2) is 69.7 Å². The molecule has 0 aromatic carbocycles. The van der Waals surface area contributed by atoms with Crippen LogP contribution in [0.25, 0.3) is 0 Å². The molecule has 2 saturated heterocycles. The molecule has 0 spiro atoms. The standard InChI is InChI=1S/C17H29N5O2/c1-3-15-18-16(20-19-15)14-12-22(10-11-24-14)17(23)13(2)21-8-6-4-5-7-9-21/h13-14H,3-12H2,1-2H3,(H,18,19,20)/t13-,14+/m1/s1. The number of likely N-dealkylation sites (tertiary alicyclic amines) is 1. The second-order valence-corrected chi connectivity index (χ2v) is 6.76. The number of aromatic amines is 1. The minimum absolute atomic E-state index is 0.0554. The van der Waals surface area contributed by atoms with Gasteiger partial charge in [0.25, 0.3) is 0 Å². The normalized spacial score (nSPS) is 24.6. The van der Waals surface area contributed by atoms with Crippen LogP contribution in [0.4, 0.5) is 0 Å². The Labute approximate surface area is 143 Å². The Morgan fingerprint density at radius 1 is 1.29 bits per heavy atom. The summed E-state index contributed by atoms with van der Waals surface area (Å²) in [5.74, 6) is 1.72. The van der Waals surface area contributed by atoms with Crippen LogP contribution in [0.15, 0.2) is 0 Å². The molecular formula is C17H29N5O2. The van der Waals surface area contributed by atoms with E-state index in [0.717, 1.165) is 25.3 Å². The lowest BCUT2D eigenvalue weighted by atomic mass is 10.2. The van der Waals surface area contributed by atoms with Gasteiger partial charge in [0.05, 0.1) is 19.2 Å². The highest BCUT2D eigenvalue weighted by Gasteiger charge is 2.32. The number of nitrogens with zero attached hydrogens (tertiary/aromatic N) is 4. The van der Waals surface area contributed by atoms with Crippen molar-refractivity contribution < 1.29 is 9.53 Å². The summed E-state index contributed by atoms with van der Waals surface area (Å²) in [6.07, 6.45) is 5.54. The van der Waals surface area contributed by atoms with Crippen LogP contribution in [0.3, 0.4) is 0 Å². The first-order chi connectivity index (χ1) is 11.7. The van der Waals surface area contributed by atoms with Crippen molar-refractivity contribution >= 4 is 5.91 Å². The van der Waals surface area contributed by atoms with Crippen molar-refractivity contribution in [2.75, 3.05) is 32.8 Å². The predicted octanol–water partition coefficient (Wildman–Crippen LogP) is 1.53. The number of hydrogen-bond acceptors (Lipinski definition) is 5. The van der Waals surface area contributed by atoms with Gasteiger partial charge in [-0.2, -0.15) is 5.10 Å². The fourth-order valence-electron chi connectivity index (χ4n) is 3.52. The topological polar surface area (TPSA) is 74.3 Å². The van der Waals surface area contributed by atoms with Crippen molar-refractivity contribution in [3.8, 4) is 0 Å². The molecule has 2 fully saturated rings. The van der Waals surface area contributed by atoms with Crippen molar-refractivity contribution in [2.45, 2.75) is 58.1 Å².